The highest BCUT2D eigenvalue weighted by atomic mass is 35.5. The van der Waals surface area contributed by atoms with Gasteiger partial charge in [0.1, 0.15) is 6.54 Å². The van der Waals surface area contributed by atoms with Crippen molar-refractivity contribution >= 4 is 40.2 Å². The summed E-state index contributed by atoms with van der Waals surface area (Å²) < 4.78 is 7.90. The summed E-state index contributed by atoms with van der Waals surface area (Å²) in [7, 11) is 0. The number of rotatable bonds is 5. The van der Waals surface area contributed by atoms with Crippen LogP contribution in [0.2, 0.25) is 10.0 Å². The van der Waals surface area contributed by atoms with Gasteiger partial charge < -0.3 is 4.74 Å². The Hall–Kier alpha value is -2.24. The van der Waals surface area contributed by atoms with E-state index >= 15 is 0 Å². The number of carbonyl (C=O) groups is 1. The molecule has 0 atom stereocenters. The van der Waals surface area contributed by atoms with Gasteiger partial charge in [-0.25, -0.2) is 4.79 Å². The molecule has 0 spiro atoms. The third kappa shape index (κ3) is 3.57. The van der Waals surface area contributed by atoms with Crippen LogP contribution in [-0.4, -0.2) is 21.7 Å². The molecule has 0 saturated carbocycles. The van der Waals surface area contributed by atoms with Crippen LogP contribution in [0.15, 0.2) is 47.3 Å². The molecule has 3 aromatic rings. The molecule has 25 heavy (non-hydrogen) atoms. The van der Waals surface area contributed by atoms with E-state index in [1.54, 1.807) is 23.6 Å². The van der Waals surface area contributed by atoms with Crippen LogP contribution >= 0.6 is 23.2 Å². The molecule has 0 fully saturated rings. The number of halogens is 2. The molecule has 0 aliphatic heterocycles. The number of nitrogens with zero attached hydrogens (tertiary/aromatic N) is 2. The molecule has 0 unspecified atom stereocenters. The molecule has 1 aromatic heterocycles. The van der Waals surface area contributed by atoms with Gasteiger partial charge in [0.2, 0.25) is 0 Å². The van der Waals surface area contributed by atoms with Crippen molar-refractivity contribution in [3.05, 3.63) is 68.6 Å². The van der Waals surface area contributed by atoms with Gasteiger partial charge in [0.25, 0.3) is 0 Å². The Morgan fingerprint density at radius 3 is 2.24 bits per heavy atom. The van der Waals surface area contributed by atoms with E-state index in [1.165, 1.54) is 4.57 Å². The van der Waals surface area contributed by atoms with Crippen molar-refractivity contribution in [2.75, 3.05) is 6.61 Å². The second-order valence-electron chi connectivity index (χ2n) is 5.50. The van der Waals surface area contributed by atoms with Gasteiger partial charge in [0.15, 0.2) is 0 Å². The van der Waals surface area contributed by atoms with Gasteiger partial charge in [-0.05, 0) is 24.6 Å². The first-order chi connectivity index (χ1) is 12.0. The van der Waals surface area contributed by atoms with Crippen molar-refractivity contribution in [1.29, 1.82) is 0 Å². The molecule has 0 amide bonds. The van der Waals surface area contributed by atoms with Crippen LogP contribution < -0.4 is 5.69 Å². The van der Waals surface area contributed by atoms with Gasteiger partial charge in [-0.3, -0.25) is 13.9 Å². The van der Waals surface area contributed by atoms with Gasteiger partial charge in [0, 0.05) is 0 Å². The first-order valence-corrected chi connectivity index (χ1v) is 8.54. The van der Waals surface area contributed by atoms with E-state index < -0.39 is 5.97 Å². The molecule has 0 bridgehead atoms. The minimum Gasteiger partial charge on any atom is -0.465 e. The summed E-state index contributed by atoms with van der Waals surface area (Å²) in [6.07, 6.45) is 0. The summed E-state index contributed by atoms with van der Waals surface area (Å²) >= 11 is 12.2. The maximum absolute atomic E-state index is 12.9. The maximum atomic E-state index is 12.9. The van der Waals surface area contributed by atoms with E-state index in [1.807, 2.05) is 30.3 Å². The average Bonchev–Trinajstić information content (AvgIpc) is 2.82. The summed E-state index contributed by atoms with van der Waals surface area (Å²) in [6.45, 7) is 2.16. The van der Waals surface area contributed by atoms with Gasteiger partial charge >= 0.3 is 11.7 Å². The lowest BCUT2D eigenvalue weighted by Crippen LogP contribution is -2.28. The molecule has 7 heteroatoms. The number of hydrogen-bond donors (Lipinski definition) is 0. The Morgan fingerprint density at radius 2 is 1.64 bits per heavy atom. The maximum Gasteiger partial charge on any atom is 0.329 e. The molecular weight excluding hydrogens is 363 g/mol. The van der Waals surface area contributed by atoms with Gasteiger partial charge in [-0.2, -0.15) is 0 Å². The van der Waals surface area contributed by atoms with Crippen LogP contribution in [0.4, 0.5) is 0 Å². The standard InChI is InChI=1S/C18H16Cl2N2O3/c1-2-25-17(23)11-22-16-9-14(20)13(19)8-15(16)21(18(22)24)10-12-6-4-3-5-7-12/h3-9H,2,10-11H2,1H3. The summed E-state index contributed by atoms with van der Waals surface area (Å²) in [4.78, 5) is 24.8. The number of benzene rings is 2. The van der Waals surface area contributed by atoms with E-state index in [2.05, 4.69) is 0 Å². The van der Waals surface area contributed by atoms with E-state index in [0.717, 1.165) is 5.56 Å². The smallest absolute Gasteiger partial charge is 0.329 e. The zero-order valence-corrected chi connectivity index (χ0v) is 15.0. The molecule has 5 nitrogen and oxygen atoms in total. The molecular formula is C18H16Cl2N2O3. The van der Waals surface area contributed by atoms with Crippen molar-refractivity contribution in [3.63, 3.8) is 0 Å². The van der Waals surface area contributed by atoms with Crippen molar-refractivity contribution in [1.82, 2.24) is 9.13 Å². The average molecular weight is 379 g/mol. The first-order valence-electron chi connectivity index (χ1n) is 7.79. The molecule has 0 aliphatic carbocycles. The van der Waals surface area contributed by atoms with E-state index in [-0.39, 0.29) is 18.8 Å². The van der Waals surface area contributed by atoms with Crippen LogP contribution in [0.25, 0.3) is 11.0 Å². The summed E-state index contributed by atoms with van der Waals surface area (Å²) in [6, 6.07) is 12.8. The Morgan fingerprint density at radius 1 is 1.04 bits per heavy atom. The number of esters is 1. The fourth-order valence-electron chi connectivity index (χ4n) is 2.72. The van der Waals surface area contributed by atoms with E-state index in [4.69, 9.17) is 27.9 Å². The minimum atomic E-state index is -0.477. The van der Waals surface area contributed by atoms with Crippen LogP contribution in [-0.2, 0) is 22.6 Å². The highest BCUT2D eigenvalue weighted by molar-refractivity contribution is 6.42. The number of fused-ring (bicyclic) bond motifs is 1. The Kier molecular flexibility index (Phi) is 5.16. The van der Waals surface area contributed by atoms with Crippen LogP contribution in [0.3, 0.4) is 0 Å². The minimum absolute atomic E-state index is 0.178. The molecule has 0 aliphatic rings. The van der Waals surface area contributed by atoms with Crippen molar-refractivity contribution < 1.29 is 9.53 Å². The quantitative estimate of drug-likeness (QED) is 0.635. The summed E-state index contributed by atoms with van der Waals surface area (Å²) in [5, 5.41) is 0.674. The molecule has 0 saturated heterocycles. The first kappa shape index (κ1) is 17.6. The summed E-state index contributed by atoms with van der Waals surface area (Å²) in [5.41, 5.74) is 1.81. The SMILES string of the molecule is CCOC(=O)Cn1c(=O)n(Cc2ccccc2)c2cc(Cl)c(Cl)cc21. The third-order valence-corrected chi connectivity index (χ3v) is 4.56. The second kappa shape index (κ2) is 7.33. The number of ether oxygens (including phenoxy) is 1. The number of hydrogen-bond acceptors (Lipinski definition) is 3. The van der Waals surface area contributed by atoms with Crippen LogP contribution in [0, 0.1) is 0 Å². The number of imidazole rings is 1. The highest BCUT2D eigenvalue weighted by Gasteiger charge is 2.18. The van der Waals surface area contributed by atoms with Gasteiger partial charge in [-0.1, -0.05) is 53.5 Å². The predicted octanol–water partition coefficient (Wildman–Crippen LogP) is 3.72. The lowest BCUT2D eigenvalue weighted by molar-refractivity contribution is -0.143. The predicted molar refractivity (Wildman–Crippen MR) is 98.4 cm³/mol. The van der Waals surface area contributed by atoms with Crippen LogP contribution in [0.1, 0.15) is 12.5 Å². The van der Waals surface area contributed by atoms with E-state index in [9.17, 15) is 9.59 Å². The van der Waals surface area contributed by atoms with Gasteiger partial charge in [-0.15, -0.1) is 0 Å². The van der Waals surface area contributed by atoms with Crippen molar-refractivity contribution in [2.45, 2.75) is 20.0 Å². The second-order valence-corrected chi connectivity index (χ2v) is 6.31. The van der Waals surface area contributed by atoms with Crippen molar-refractivity contribution in [2.24, 2.45) is 0 Å². The van der Waals surface area contributed by atoms with Crippen molar-refractivity contribution in [3.8, 4) is 0 Å². The fraction of sp³-hybridized carbons (Fsp3) is 0.222. The van der Waals surface area contributed by atoms with Crippen LogP contribution in [0.5, 0.6) is 0 Å². The molecule has 2 aromatic carbocycles. The molecule has 1 heterocycles. The molecule has 0 N–H and O–H groups in total. The normalized spacial score (nSPS) is 11.0. The fourth-order valence-corrected chi connectivity index (χ4v) is 3.03. The third-order valence-electron chi connectivity index (χ3n) is 3.84. The zero-order valence-electron chi connectivity index (χ0n) is 13.5. The Labute approximate surface area is 154 Å². The summed E-state index contributed by atoms with van der Waals surface area (Å²) in [5.74, 6) is -0.477. The number of aromatic nitrogens is 2. The highest BCUT2D eigenvalue weighted by Crippen LogP contribution is 2.28. The van der Waals surface area contributed by atoms with Gasteiger partial charge in [0.05, 0.1) is 34.2 Å². The Balaban J connectivity index is 2.15. The molecule has 3 rings (SSSR count). The number of carbonyl (C=O) groups excluding carboxylic acids is 1. The molecule has 0 radical (unpaired) electrons. The lowest BCUT2D eigenvalue weighted by atomic mass is 10.2. The van der Waals surface area contributed by atoms with E-state index in [0.29, 0.717) is 27.6 Å². The largest absolute Gasteiger partial charge is 0.465 e. The monoisotopic (exact) mass is 378 g/mol. The topological polar surface area (TPSA) is 53.2 Å². The lowest BCUT2D eigenvalue weighted by Gasteiger charge is -2.04. The zero-order chi connectivity index (χ0) is 18.0. The molecule has 130 valence electrons. The Bertz CT molecular complexity index is 977.